The van der Waals surface area contributed by atoms with Gasteiger partial charge in [-0.1, -0.05) is 45.4 Å². The Labute approximate surface area is 183 Å². The van der Waals surface area contributed by atoms with Crippen molar-refractivity contribution in [2.24, 2.45) is 0 Å². The SMILES string of the molecule is Cc1c(C(=O)N2CCCN(Cc3ccccc3F)CC2)nnn1-c1cccc(Br)c1. The van der Waals surface area contributed by atoms with Crippen molar-refractivity contribution in [1.29, 1.82) is 0 Å². The molecule has 1 saturated heterocycles. The molecule has 1 aliphatic rings. The third-order valence-corrected chi connectivity index (χ3v) is 5.87. The fraction of sp³-hybridized carbons (Fsp3) is 0.318. The maximum Gasteiger partial charge on any atom is 0.276 e. The molecule has 2 aromatic carbocycles. The molecule has 0 unspecified atom stereocenters. The predicted octanol–water partition coefficient (Wildman–Crippen LogP) is 3.83. The van der Waals surface area contributed by atoms with Gasteiger partial charge in [-0.3, -0.25) is 9.69 Å². The number of carbonyl (C=O) groups is 1. The first-order valence-corrected chi connectivity index (χ1v) is 10.8. The van der Waals surface area contributed by atoms with Gasteiger partial charge in [-0.25, -0.2) is 9.07 Å². The highest BCUT2D eigenvalue weighted by molar-refractivity contribution is 9.10. The Morgan fingerprint density at radius 1 is 1.10 bits per heavy atom. The van der Waals surface area contributed by atoms with Crippen molar-refractivity contribution in [3.8, 4) is 5.69 Å². The van der Waals surface area contributed by atoms with E-state index in [0.29, 0.717) is 43.1 Å². The smallest absolute Gasteiger partial charge is 0.276 e. The first kappa shape index (κ1) is 20.7. The van der Waals surface area contributed by atoms with Gasteiger partial charge >= 0.3 is 0 Å². The lowest BCUT2D eigenvalue weighted by Gasteiger charge is -2.21. The Kier molecular flexibility index (Phi) is 6.24. The zero-order valence-electron chi connectivity index (χ0n) is 16.8. The number of nitrogens with zero attached hydrogens (tertiary/aromatic N) is 5. The van der Waals surface area contributed by atoms with Crippen LogP contribution in [-0.2, 0) is 6.54 Å². The molecule has 6 nitrogen and oxygen atoms in total. The maximum absolute atomic E-state index is 14.0. The number of hydrogen-bond donors (Lipinski definition) is 0. The van der Waals surface area contributed by atoms with Crippen molar-refractivity contribution >= 4 is 21.8 Å². The summed E-state index contributed by atoms with van der Waals surface area (Å²) < 4.78 is 16.6. The largest absolute Gasteiger partial charge is 0.336 e. The molecule has 8 heteroatoms. The van der Waals surface area contributed by atoms with E-state index in [1.165, 1.54) is 6.07 Å². The first-order valence-electron chi connectivity index (χ1n) is 9.96. The Hall–Kier alpha value is -2.58. The van der Waals surface area contributed by atoms with Crippen molar-refractivity contribution in [2.45, 2.75) is 19.9 Å². The van der Waals surface area contributed by atoms with Crippen LogP contribution in [0.3, 0.4) is 0 Å². The fourth-order valence-corrected chi connectivity index (χ4v) is 4.12. The van der Waals surface area contributed by atoms with Crippen LogP contribution < -0.4 is 0 Å². The van der Waals surface area contributed by atoms with Gasteiger partial charge in [-0.15, -0.1) is 5.10 Å². The number of aromatic nitrogens is 3. The van der Waals surface area contributed by atoms with Crippen molar-refractivity contribution in [2.75, 3.05) is 26.2 Å². The lowest BCUT2D eigenvalue weighted by molar-refractivity contribution is 0.0754. The molecular formula is C22H23BrFN5O. The molecular weight excluding hydrogens is 449 g/mol. The van der Waals surface area contributed by atoms with E-state index in [-0.39, 0.29) is 11.7 Å². The minimum absolute atomic E-state index is 0.110. The molecule has 0 saturated carbocycles. The van der Waals surface area contributed by atoms with E-state index >= 15 is 0 Å². The average Bonchev–Trinajstić information content (AvgIpc) is 2.96. The van der Waals surface area contributed by atoms with Gasteiger partial charge in [0.05, 0.1) is 11.4 Å². The van der Waals surface area contributed by atoms with Crippen molar-refractivity contribution in [3.05, 3.63) is 75.8 Å². The van der Waals surface area contributed by atoms with Crippen molar-refractivity contribution in [1.82, 2.24) is 24.8 Å². The second-order valence-corrected chi connectivity index (χ2v) is 8.34. The summed E-state index contributed by atoms with van der Waals surface area (Å²) in [5.41, 5.74) is 2.62. The van der Waals surface area contributed by atoms with Crippen LogP contribution in [0, 0.1) is 12.7 Å². The maximum atomic E-state index is 14.0. The Balaban J connectivity index is 1.45. The fourth-order valence-electron chi connectivity index (χ4n) is 3.73. The number of rotatable bonds is 4. The van der Waals surface area contributed by atoms with Crippen LogP contribution in [0.4, 0.5) is 4.39 Å². The lowest BCUT2D eigenvalue weighted by atomic mass is 10.2. The molecule has 2 heterocycles. The average molecular weight is 472 g/mol. The molecule has 0 bridgehead atoms. The molecule has 0 spiro atoms. The summed E-state index contributed by atoms with van der Waals surface area (Å²) >= 11 is 3.46. The highest BCUT2D eigenvalue weighted by Crippen LogP contribution is 2.19. The highest BCUT2D eigenvalue weighted by atomic mass is 79.9. The number of amides is 1. The van der Waals surface area contributed by atoms with Crippen LogP contribution in [-0.4, -0.2) is 56.9 Å². The van der Waals surface area contributed by atoms with Crippen LogP contribution in [0.1, 0.15) is 28.2 Å². The predicted molar refractivity (Wildman–Crippen MR) is 116 cm³/mol. The van der Waals surface area contributed by atoms with E-state index in [2.05, 4.69) is 31.1 Å². The molecule has 0 aliphatic carbocycles. The zero-order chi connectivity index (χ0) is 21.1. The van der Waals surface area contributed by atoms with E-state index in [0.717, 1.165) is 23.1 Å². The Morgan fingerprint density at radius 3 is 2.73 bits per heavy atom. The Bertz CT molecular complexity index is 1050. The first-order chi connectivity index (χ1) is 14.5. The second kappa shape index (κ2) is 9.06. The van der Waals surface area contributed by atoms with Gasteiger partial charge in [0, 0.05) is 42.8 Å². The topological polar surface area (TPSA) is 54.3 Å². The summed E-state index contributed by atoms with van der Waals surface area (Å²) in [5.74, 6) is -0.295. The van der Waals surface area contributed by atoms with Gasteiger partial charge in [0.2, 0.25) is 0 Å². The second-order valence-electron chi connectivity index (χ2n) is 7.43. The lowest BCUT2D eigenvalue weighted by Crippen LogP contribution is -2.35. The van der Waals surface area contributed by atoms with Gasteiger partial charge in [0.1, 0.15) is 5.82 Å². The summed E-state index contributed by atoms with van der Waals surface area (Å²) in [6, 6.07) is 14.6. The molecule has 4 rings (SSSR count). The summed E-state index contributed by atoms with van der Waals surface area (Å²) in [4.78, 5) is 17.1. The minimum Gasteiger partial charge on any atom is -0.336 e. The van der Waals surface area contributed by atoms with Crippen molar-refractivity contribution in [3.63, 3.8) is 0 Å². The molecule has 30 heavy (non-hydrogen) atoms. The number of carbonyl (C=O) groups excluding carboxylic acids is 1. The van der Waals surface area contributed by atoms with Gasteiger partial charge in [0.15, 0.2) is 5.69 Å². The molecule has 1 amide bonds. The van der Waals surface area contributed by atoms with Gasteiger partial charge in [-0.2, -0.15) is 0 Å². The van der Waals surface area contributed by atoms with E-state index in [9.17, 15) is 9.18 Å². The number of benzene rings is 2. The van der Waals surface area contributed by atoms with Crippen LogP contribution in [0.2, 0.25) is 0 Å². The molecule has 1 aromatic heterocycles. The van der Waals surface area contributed by atoms with Gasteiger partial charge < -0.3 is 4.90 Å². The number of hydrogen-bond acceptors (Lipinski definition) is 4. The summed E-state index contributed by atoms with van der Waals surface area (Å²) in [6.45, 7) is 5.15. The van der Waals surface area contributed by atoms with E-state index < -0.39 is 0 Å². The third-order valence-electron chi connectivity index (χ3n) is 5.38. The minimum atomic E-state index is -0.186. The molecule has 0 atom stereocenters. The monoisotopic (exact) mass is 471 g/mol. The zero-order valence-corrected chi connectivity index (χ0v) is 18.3. The number of halogens is 2. The van der Waals surface area contributed by atoms with E-state index in [4.69, 9.17) is 0 Å². The molecule has 0 N–H and O–H groups in total. The van der Waals surface area contributed by atoms with E-state index in [1.807, 2.05) is 48.2 Å². The molecule has 1 fully saturated rings. The summed E-state index contributed by atoms with van der Waals surface area (Å²) in [6.07, 6.45) is 0.832. The Morgan fingerprint density at radius 2 is 1.93 bits per heavy atom. The van der Waals surface area contributed by atoms with Crippen LogP contribution in [0.5, 0.6) is 0 Å². The van der Waals surface area contributed by atoms with Gasteiger partial charge in [-0.05, 0) is 37.6 Å². The normalized spacial score (nSPS) is 15.2. The molecule has 3 aromatic rings. The third kappa shape index (κ3) is 4.44. The highest BCUT2D eigenvalue weighted by Gasteiger charge is 2.25. The molecule has 0 radical (unpaired) electrons. The van der Waals surface area contributed by atoms with E-state index in [1.54, 1.807) is 10.7 Å². The van der Waals surface area contributed by atoms with Gasteiger partial charge in [0.25, 0.3) is 5.91 Å². The van der Waals surface area contributed by atoms with Crippen LogP contribution in [0.25, 0.3) is 5.69 Å². The molecule has 1 aliphatic heterocycles. The van der Waals surface area contributed by atoms with Crippen LogP contribution in [0.15, 0.2) is 53.0 Å². The summed E-state index contributed by atoms with van der Waals surface area (Å²) in [5, 5.41) is 8.36. The van der Waals surface area contributed by atoms with Crippen molar-refractivity contribution < 1.29 is 9.18 Å². The molecule has 156 valence electrons. The van der Waals surface area contributed by atoms with Crippen LogP contribution >= 0.6 is 15.9 Å². The summed E-state index contributed by atoms with van der Waals surface area (Å²) in [7, 11) is 0. The quantitative estimate of drug-likeness (QED) is 0.580. The standard InChI is InChI=1S/C22H23BrFN5O/c1-16-21(25-26-29(16)19-8-4-7-18(23)14-19)22(30)28-11-5-10-27(12-13-28)15-17-6-2-3-9-20(17)24/h2-4,6-9,14H,5,10-13,15H2,1H3.